The number of carboxylic acid groups (broad SMARTS) is 1. The number of carboxylic acids is 1. The summed E-state index contributed by atoms with van der Waals surface area (Å²) in [5, 5.41) is 27.6. The van der Waals surface area contributed by atoms with Crippen molar-refractivity contribution in [3.63, 3.8) is 0 Å². The molecule has 0 heterocycles. The number of aliphatic carboxylic acids is 1. The first kappa shape index (κ1) is 32.3. The molecule has 0 bridgehead atoms. The molecule has 0 amide bonds. The van der Waals surface area contributed by atoms with Gasteiger partial charge in [-0.15, -0.1) is 6.42 Å². The predicted molar refractivity (Wildman–Crippen MR) is 145 cm³/mol. The van der Waals surface area contributed by atoms with Crippen molar-refractivity contribution in [2.75, 3.05) is 0 Å². The van der Waals surface area contributed by atoms with Crippen LogP contribution in [0.25, 0.3) is 0 Å². The standard InChI is InChI=1S/C31H44O4/c1-2-29(32)25-21-17-13-10-8-11-15-19-23-27-30(33)26-22-18-14-9-6-4-3-5-7-12-16-20-24-28-31(34)35/h1,16,20-21,23,25,27,29-30,32-33H,3-14,17-18,22,26H2,(H,34,35)/b20-16-,25-21+,27-23+/t29-,30+/m0/s1. The van der Waals surface area contributed by atoms with Crippen LogP contribution < -0.4 is 0 Å². The summed E-state index contributed by atoms with van der Waals surface area (Å²) in [7, 11) is 0. The van der Waals surface area contributed by atoms with Gasteiger partial charge in [0.25, 0.3) is 0 Å². The van der Waals surface area contributed by atoms with Crippen LogP contribution in [0.4, 0.5) is 0 Å². The van der Waals surface area contributed by atoms with Gasteiger partial charge in [-0.3, -0.25) is 0 Å². The summed E-state index contributed by atoms with van der Waals surface area (Å²) in [6.45, 7) is 0. The van der Waals surface area contributed by atoms with Gasteiger partial charge in [0.2, 0.25) is 0 Å². The number of hydrogen-bond donors (Lipinski definition) is 3. The van der Waals surface area contributed by atoms with Gasteiger partial charge in [0.15, 0.2) is 0 Å². The molecule has 0 aromatic heterocycles. The summed E-state index contributed by atoms with van der Waals surface area (Å²) in [5.74, 6) is 11.8. The van der Waals surface area contributed by atoms with E-state index in [4.69, 9.17) is 11.5 Å². The number of rotatable bonds is 19. The van der Waals surface area contributed by atoms with Gasteiger partial charge in [-0.1, -0.05) is 93.6 Å². The Kier molecular flexibility index (Phi) is 23.9. The predicted octanol–water partition coefficient (Wildman–Crippen LogP) is 6.34. The molecule has 0 rings (SSSR count). The molecule has 0 unspecified atom stereocenters. The molecule has 0 saturated carbocycles. The summed E-state index contributed by atoms with van der Waals surface area (Å²) in [6.07, 6.45) is 32.2. The van der Waals surface area contributed by atoms with Crippen molar-refractivity contribution in [1.29, 1.82) is 0 Å². The average molecular weight is 481 g/mol. The van der Waals surface area contributed by atoms with Gasteiger partial charge < -0.3 is 15.3 Å². The van der Waals surface area contributed by atoms with E-state index in [0.29, 0.717) is 0 Å². The normalized spacial score (nSPS) is 12.7. The van der Waals surface area contributed by atoms with Crippen LogP contribution in [-0.2, 0) is 4.79 Å². The maximum absolute atomic E-state index is 10.2. The van der Waals surface area contributed by atoms with E-state index >= 15 is 0 Å². The second-order valence-electron chi connectivity index (χ2n) is 8.62. The highest BCUT2D eigenvalue weighted by Crippen LogP contribution is 2.12. The number of aliphatic hydroxyl groups is 2. The van der Waals surface area contributed by atoms with Crippen LogP contribution in [0.3, 0.4) is 0 Å². The first-order chi connectivity index (χ1) is 17.1. The van der Waals surface area contributed by atoms with Crippen molar-refractivity contribution in [3.05, 3.63) is 36.5 Å². The van der Waals surface area contributed by atoms with E-state index < -0.39 is 18.2 Å². The van der Waals surface area contributed by atoms with E-state index in [2.05, 4.69) is 29.6 Å². The third-order valence-electron chi connectivity index (χ3n) is 5.42. The van der Waals surface area contributed by atoms with Crippen LogP contribution in [0.5, 0.6) is 0 Å². The first-order valence-electron chi connectivity index (χ1n) is 13.1. The molecule has 0 aliphatic rings. The summed E-state index contributed by atoms with van der Waals surface area (Å²) in [4.78, 5) is 10.2. The molecule has 0 aromatic rings. The van der Waals surface area contributed by atoms with E-state index in [9.17, 15) is 15.0 Å². The molecular weight excluding hydrogens is 436 g/mol. The maximum atomic E-state index is 10.2. The zero-order valence-electron chi connectivity index (χ0n) is 21.3. The largest absolute Gasteiger partial charge is 0.472 e. The van der Waals surface area contributed by atoms with Gasteiger partial charge in [-0.25, -0.2) is 4.79 Å². The van der Waals surface area contributed by atoms with Crippen molar-refractivity contribution in [2.45, 2.75) is 115 Å². The number of aliphatic hydroxyl groups excluding tert-OH is 2. The average Bonchev–Trinajstić information content (AvgIpc) is 2.84. The van der Waals surface area contributed by atoms with E-state index in [1.54, 1.807) is 24.3 Å². The molecule has 2 atom stereocenters. The Morgan fingerprint density at radius 3 is 2.00 bits per heavy atom. The van der Waals surface area contributed by atoms with Crippen molar-refractivity contribution in [3.8, 4) is 36.0 Å². The molecule has 4 nitrogen and oxygen atoms in total. The van der Waals surface area contributed by atoms with Crippen molar-refractivity contribution < 1.29 is 20.1 Å². The monoisotopic (exact) mass is 480 g/mol. The Hall–Kier alpha value is -2.71. The Morgan fingerprint density at radius 1 is 0.743 bits per heavy atom. The van der Waals surface area contributed by atoms with Gasteiger partial charge >= 0.3 is 5.97 Å². The zero-order chi connectivity index (χ0) is 25.8. The lowest BCUT2D eigenvalue weighted by Crippen LogP contribution is -2.01. The molecular formula is C31H44O4. The van der Waals surface area contributed by atoms with Crippen LogP contribution in [0.1, 0.15) is 103 Å². The second kappa shape index (κ2) is 25.9. The highest BCUT2D eigenvalue weighted by molar-refractivity contribution is 5.86. The third-order valence-corrected chi connectivity index (χ3v) is 5.42. The fourth-order valence-electron chi connectivity index (χ4n) is 3.42. The number of unbranched alkanes of at least 4 members (excludes halogenated alkanes) is 13. The van der Waals surface area contributed by atoms with Crippen LogP contribution in [0, 0.1) is 36.0 Å². The fraction of sp³-hybridized carbons (Fsp3) is 0.581. The van der Waals surface area contributed by atoms with Crippen LogP contribution in [0.15, 0.2) is 36.5 Å². The summed E-state index contributed by atoms with van der Waals surface area (Å²) < 4.78 is 0. The molecule has 0 radical (unpaired) electrons. The van der Waals surface area contributed by atoms with E-state index in [1.165, 1.54) is 38.5 Å². The molecule has 0 fully saturated rings. The van der Waals surface area contributed by atoms with Crippen molar-refractivity contribution in [1.82, 2.24) is 0 Å². The number of allylic oxidation sites excluding steroid dienone is 4. The zero-order valence-corrected chi connectivity index (χ0v) is 21.3. The minimum atomic E-state index is -1.09. The van der Waals surface area contributed by atoms with Crippen LogP contribution in [0.2, 0.25) is 0 Å². The minimum Gasteiger partial charge on any atom is -0.472 e. The Balaban J connectivity index is 3.47. The summed E-state index contributed by atoms with van der Waals surface area (Å²) >= 11 is 0. The summed E-state index contributed by atoms with van der Waals surface area (Å²) in [5.41, 5.74) is 0. The molecule has 4 heteroatoms. The first-order valence-corrected chi connectivity index (χ1v) is 13.1. The van der Waals surface area contributed by atoms with E-state index in [-0.39, 0.29) is 0 Å². The number of hydrogen-bond acceptors (Lipinski definition) is 3. The van der Waals surface area contributed by atoms with Crippen LogP contribution >= 0.6 is 0 Å². The number of carbonyl (C=O) groups is 1. The highest BCUT2D eigenvalue weighted by atomic mass is 16.4. The van der Waals surface area contributed by atoms with E-state index in [1.807, 2.05) is 12.2 Å². The molecule has 0 aliphatic heterocycles. The Labute approximate surface area is 213 Å². The lowest BCUT2D eigenvalue weighted by atomic mass is 10.0. The van der Waals surface area contributed by atoms with Crippen LogP contribution in [-0.4, -0.2) is 33.5 Å². The molecule has 35 heavy (non-hydrogen) atoms. The van der Waals surface area contributed by atoms with Gasteiger partial charge in [0.1, 0.15) is 6.10 Å². The Bertz CT molecular complexity index is 777. The second-order valence-corrected chi connectivity index (χ2v) is 8.62. The smallest absolute Gasteiger partial charge is 0.382 e. The van der Waals surface area contributed by atoms with Gasteiger partial charge in [0.05, 0.1) is 6.10 Å². The minimum absolute atomic E-state index is 0.404. The highest BCUT2D eigenvalue weighted by Gasteiger charge is 1.98. The lowest BCUT2D eigenvalue weighted by Gasteiger charge is -2.05. The molecule has 192 valence electrons. The van der Waals surface area contributed by atoms with E-state index in [0.717, 1.165) is 64.2 Å². The molecule has 0 spiro atoms. The van der Waals surface area contributed by atoms with Gasteiger partial charge in [0, 0.05) is 12.3 Å². The summed E-state index contributed by atoms with van der Waals surface area (Å²) in [6, 6.07) is 0. The Morgan fingerprint density at radius 2 is 1.34 bits per heavy atom. The lowest BCUT2D eigenvalue weighted by molar-refractivity contribution is -0.130. The van der Waals surface area contributed by atoms with Gasteiger partial charge in [-0.05, 0) is 62.8 Å². The SMILES string of the molecule is C#C[C@H](O)/C=C/CCCCCC#C/C=C/[C@H](O)CCCCCCCCCCC/C=C\C#CC(=O)O. The quantitative estimate of drug-likeness (QED) is 0.114. The van der Waals surface area contributed by atoms with Crippen molar-refractivity contribution in [2.24, 2.45) is 0 Å². The topological polar surface area (TPSA) is 77.8 Å². The molecule has 0 aliphatic carbocycles. The third kappa shape index (κ3) is 27.4. The maximum Gasteiger partial charge on any atom is 0.382 e. The molecule has 0 aromatic carbocycles. The molecule has 3 N–H and O–H groups in total. The number of terminal acetylenes is 1. The van der Waals surface area contributed by atoms with Gasteiger partial charge in [-0.2, -0.15) is 0 Å². The fourth-order valence-corrected chi connectivity index (χ4v) is 3.42. The molecule has 0 saturated heterocycles. The van der Waals surface area contributed by atoms with Crippen molar-refractivity contribution >= 4 is 5.97 Å².